The summed E-state index contributed by atoms with van der Waals surface area (Å²) in [4.78, 5) is 31.7. The molecule has 0 radical (unpaired) electrons. The number of hydrogen-bond donors (Lipinski definition) is 2. The summed E-state index contributed by atoms with van der Waals surface area (Å²) in [6.45, 7) is 2.64. The molecule has 39 heavy (non-hydrogen) atoms. The molecule has 1 saturated heterocycles. The van der Waals surface area contributed by atoms with Crippen LogP contribution in [-0.2, 0) is 16.0 Å². The zero-order valence-electron chi connectivity index (χ0n) is 22.1. The summed E-state index contributed by atoms with van der Waals surface area (Å²) in [6.07, 6.45) is 2.43. The number of fused-ring (bicyclic) bond motifs is 1. The molecule has 3 aromatic carbocycles. The van der Waals surface area contributed by atoms with Crippen LogP contribution in [0.4, 0.5) is 0 Å². The van der Waals surface area contributed by atoms with E-state index in [1.165, 1.54) is 12.0 Å². The number of aromatic amines is 1. The fraction of sp³-hybridized carbons (Fsp3) is 0.226. The van der Waals surface area contributed by atoms with Gasteiger partial charge in [0.2, 0.25) is 0 Å². The van der Waals surface area contributed by atoms with Crippen LogP contribution in [0, 0.1) is 0 Å². The number of ketones is 1. The van der Waals surface area contributed by atoms with Gasteiger partial charge in [0.15, 0.2) is 0 Å². The summed E-state index contributed by atoms with van der Waals surface area (Å²) in [7, 11) is 3.07. The van der Waals surface area contributed by atoms with Crippen LogP contribution in [0.25, 0.3) is 16.7 Å². The zero-order valence-corrected chi connectivity index (χ0v) is 22.1. The number of benzene rings is 3. The minimum Gasteiger partial charge on any atom is -0.507 e. The Morgan fingerprint density at radius 3 is 2.44 bits per heavy atom. The highest BCUT2D eigenvalue weighted by molar-refractivity contribution is 6.46. The normalized spacial score (nSPS) is 16.6. The summed E-state index contributed by atoms with van der Waals surface area (Å²) < 4.78 is 16.5. The number of aliphatic hydroxyl groups excluding tert-OH is 1. The second-order valence-corrected chi connectivity index (χ2v) is 9.17. The lowest BCUT2D eigenvalue weighted by Gasteiger charge is -2.27. The number of likely N-dealkylation sites (tertiary alicyclic amines) is 1. The molecule has 8 heteroatoms. The molecule has 0 bridgehead atoms. The van der Waals surface area contributed by atoms with Gasteiger partial charge in [-0.05, 0) is 61.4 Å². The minimum atomic E-state index is -0.859. The van der Waals surface area contributed by atoms with E-state index in [9.17, 15) is 14.7 Å². The van der Waals surface area contributed by atoms with Gasteiger partial charge in [-0.3, -0.25) is 9.59 Å². The standard InChI is InChI=1S/C31H30N2O6/c1-4-39-21-11-9-19(10-12-21)29(34)27-28(24-14-13-22(37-2)17-26(24)38-3)33(31(36)30(27)35)16-15-20-18-32-25-8-6-5-7-23(20)25/h5-14,17-18,28,32,34H,4,15-16H2,1-3H3/t28-/m1/s1. The number of aliphatic hydroxyl groups is 1. The molecule has 200 valence electrons. The Morgan fingerprint density at radius 1 is 0.974 bits per heavy atom. The van der Waals surface area contributed by atoms with Gasteiger partial charge in [-0.25, -0.2) is 0 Å². The van der Waals surface area contributed by atoms with Gasteiger partial charge in [-0.1, -0.05) is 18.2 Å². The SMILES string of the molecule is CCOc1ccc(C(O)=C2C(=O)C(=O)N(CCc3c[nH]c4ccccc34)[C@@H]2c2ccc(OC)cc2OC)cc1. The number of hydrogen-bond acceptors (Lipinski definition) is 6. The third-order valence-corrected chi connectivity index (χ3v) is 7.01. The van der Waals surface area contributed by atoms with Crippen LogP contribution in [0.15, 0.2) is 78.5 Å². The Hall–Kier alpha value is -4.72. The summed E-state index contributed by atoms with van der Waals surface area (Å²) in [5.41, 5.74) is 3.01. The van der Waals surface area contributed by atoms with E-state index in [2.05, 4.69) is 4.98 Å². The highest BCUT2D eigenvalue weighted by Crippen LogP contribution is 2.44. The molecule has 0 aliphatic carbocycles. The molecule has 5 rings (SSSR count). The highest BCUT2D eigenvalue weighted by atomic mass is 16.5. The van der Waals surface area contributed by atoms with Crippen molar-refractivity contribution in [3.8, 4) is 17.2 Å². The number of rotatable bonds is 9. The van der Waals surface area contributed by atoms with E-state index in [4.69, 9.17) is 14.2 Å². The molecular weight excluding hydrogens is 496 g/mol. The van der Waals surface area contributed by atoms with Crippen LogP contribution in [0.3, 0.4) is 0 Å². The lowest BCUT2D eigenvalue weighted by atomic mass is 9.94. The first-order valence-corrected chi connectivity index (χ1v) is 12.7. The van der Waals surface area contributed by atoms with E-state index < -0.39 is 17.7 Å². The molecule has 1 aromatic heterocycles. The van der Waals surface area contributed by atoms with E-state index in [1.54, 1.807) is 49.6 Å². The van der Waals surface area contributed by atoms with E-state index in [1.807, 2.05) is 37.4 Å². The molecule has 1 fully saturated rings. The van der Waals surface area contributed by atoms with Crippen molar-refractivity contribution in [2.45, 2.75) is 19.4 Å². The fourth-order valence-corrected chi connectivity index (χ4v) is 5.09. The van der Waals surface area contributed by atoms with Crippen molar-refractivity contribution in [1.82, 2.24) is 9.88 Å². The number of nitrogens with one attached hydrogen (secondary N) is 1. The van der Waals surface area contributed by atoms with Gasteiger partial charge in [0.05, 0.1) is 32.4 Å². The second-order valence-electron chi connectivity index (χ2n) is 9.17. The van der Waals surface area contributed by atoms with Gasteiger partial charge in [-0.2, -0.15) is 0 Å². The van der Waals surface area contributed by atoms with Gasteiger partial charge in [0.25, 0.3) is 11.7 Å². The van der Waals surface area contributed by atoms with Crippen LogP contribution in [0.5, 0.6) is 17.2 Å². The quantitative estimate of drug-likeness (QED) is 0.176. The lowest BCUT2D eigenvalue weighted by molar-refractivity contribution is -0.139. The third-order valence-electron chi connectivity index (χ3n) is 7.01. The zero-order chi connectivity index (χ0) is 27.5. The Morgan fingerprint density at radius 2 is 1.72 bits per heavy atom. The third kappa shape index (κ3) is 4.81. The Labute approximate surface area is 226 Å². The van der Waals surface area contributed by atoms with Crippen molar-refractivity contribution in [2.75, 3.05) is 27.4 Å². The van der Waals surface area contributed by atoms with Crippen LogP contribution in [-0.4, -0.2) is 54.1 Å². The first kappa shape index (κ1) is 25.9. The minimum absolute atomic E-state index is 0.00607. The molecule has 1 atom stereocenters. The summed E-state index contributed by atoms with van der Waals surface area (Å²) in [5, 5.41) is 12.5. The number of amides is 1. The van der Waals surface area contributed by atoms with Gasteiger partial charge < -0.3 is 29.2 Å². The Bertz CT molecular complexity index is 1550. The van der Waals surface area contributed by atoms with Gasteiger partial charge in [-0.15, -0.1) is 0 Å². The predicted octanol–water partition coefficient (Wildman–Crippen LogP) is 5.25. The van der Waals surface area contributed by atoms with Crippen LogP contribution < -0.4 is 14.2 Å². The van der Waals surface area contributed by atoms with E-state index in [0.717, 1.165) is 16.5 Å². The largest absolute Gasteiger partial charge is 0.507 e. The molecule has 8 nitrogen and oxygen atoms in total. The number of nitrogens with zero attached hydrogens (tertiary/aromatic N) is 1. The number of aromatic nitrogens is 1. The van der Waals surface area contributed by atoms with Crippen molar-refractivity contribution < 1.29 is 28.9 Å². The second kappa shape index (κ2) is 10.9. The van der Waals surface area contributed by atoms with E-state index in [0.29, 0.717) is 41.4 Å². The first-order valence-electron chi connectivity index (χ1n) is 12.7. The summed E-state index contributed by atoms with van der Waals surface area (Å²) in [6, 6.07) is 19.0. The molecule has 1 aliphatic rings. The van der Waals surface area contributed by atoms with E-state index >= 15 is 0 Å². The topological polar surface area (TPSA) is 101 Å². The number of H-pyrrole nitrogens is 1. The lowest BCUT2D eigenvalue weighted by Crippen LogP contribution is -2.31. The van der Waals surface area contributed by atoms with E-state index in [-0.39, 0.29) is 17.9 Å². The maximum Gasteiger partial charge on any atom is 0.295 e. The Balaban J connectivity index is 1.59. The van der Waals surface area contributed by atoms with Crippen molar-refractivity contribution >= 4 is 28.4 Å². The average Bonchev–Trinajstić information content (AvgIpc) is 3.49. The van der Waals surface area contributed by atoms with Crippen molar-refractivity contribution in [1.29, 1.82) is 0 Å². The number of Topliss-reactive ketones (excluding diaryl/α,β-unsaturated/α-hetero) is 1. The maximum atomic E-state index is 13.5. The molecule has 2 heterocycles. The molecule has 0 unspecified atom stereocenters. The highest BCUT2D eigenvalue weighted by Gasteiger charge is 2.47. The molecule has 4 aromatic rings. The maximum absolute atomic E-state index is 13.5. The van der Waals surface area contributed by atoms with Gasteiger partial charge in [0, 0.05) is 40.8 Å². The smallest absolute Gasteiger partial charge is 0.295 e. The molecule has 1 amide bonds. The average molecular weight is 527 g/mol. The van der Waals surface area contributed by atoms with Gasteiger partial charge in [0.1, 0.15) is 23.0 Å². The monoisotopic (exact) mass is 526 g/mol. The summed E-state index contributed by atoms with van der Waals surface area (Å²) >= 11 is 0. The van der Waals surface area contributed by atoms with Crippen LogP contribution in [0.2, 0.25) is 0 Å². The number of ether oxygens (including phenoxy) is 3. The molecule has 0 saturated carbocycles. The molecular formula is C31H30N2O6. The number of para-hydroxylation sites is 1. The number of carbonyl (C=O) groups is 2. The molecule has 2 N–H and O–H groups in total. The Kier molecular flexibility index (Phi) is 7.27. The molecule has 1 aliphatic heterocycles. The van der Waals surface area contributed by atoms with Crippen molar-refractivity contribution in [3.05, 3.63) is 95.2 Å². The number of carbonyl (C=O) groups excluding carboxylic acids is 2. The predicted molar refractivity (Wildman–Crippen MR) is 148 cm³/mol. The van der Waals surface area contributed by atoms with Crippen LogP contribution >= 0.6 is 0 Å². The van der Waals surface area contributed by atoms with Crippen LogP contribution in [0.1, 0.15) is 29.7 Å². The fourth-order valence-electron chi connectivity index (χ4n) is 5.09. The first-order chi connectivity index (χ1) is 19.0. The molecule has 0 spiro atoms. The van der Waals surface area contributed by atoms with Gasteiger partial charge >= 0.3 is 0 Å². The van der Waals surface area contributed by atoms with Crippen molar-refractivity contribution in [3.63, 3.8) is 0 Å². The number of methoxy groups -OCH3 is 2. The van der Waals surface area contributed by atoms with Crippen molar-refractivity contribution in [2.24, 2.45) is 0 Å². The summed E-state index contributed by atoms with van der Waals surface area (Å²) in [5.74, 6) is -0.0300.